The van der Waals surface area contributed by atoms with Crippen LogP contribution in [0, 0.1) is 5.92 Å². The van der Waals surface area contributed by atoms with Gasteiger partial charge in [-0.15, -0.1) is 0 Å². The van der Waals surface area contributed by atoms with Crippen molar-refractivity contribution in [3.05, 3.63) is 29.5 Å². The number of benzene rings is 1. The highest BCUT2D eigenvalue weighted by Gasteiger charge is 2.44. The van der Waals surface area contributed by atoms with Gasteiger partial charge in [0.05, 0.1) is 7.11 Å². The van der Waals surface area contributed by atoms with Crippen LogP contribution in [0.2, 0.25) is 0 Å². The quantitative estimate of drug-likeness (QED) is 0.814. The molecule has 2 aromatic rings. The molecule has 1 aromatic carbocycles. The largest absolute Gasteiger partial charge is 0.497 e. The van der Waals surface area contributed by atoms with E-state index in [4.69, 9.17) is 4.74 Å². The van der Waals surface area contributed by atoms with Gasteiger partial charge >= 0.3 is 0 Å². The van der Waals surface area contributed by atoms with E-state index in [0.717, 1.165) is 50.3 Å². The molecule has 3 aliphatic rings. The maximum absolute atomic E-state index is 13.1. The maximum atomic E-state index is 13.1. The van der Waals surface area contributed by atoms with Gasteiger partial charge < -0.3 is 19.7 Å². The second-order valence-corrected chi connectivity index (χ2v) is 9.14. The van der Waals surface area contributed by atoms with Crippen LogP contribution in [0.3, 0.4) is 0 Å². The van der Waals surface area contributed by atoms with Gasteiger partial charge in [0.25, 0.3) is 5.91 Å². The molecular weight excluding hydrogens is 366 g/mol. The first kappa shape index (κ1) is 18.9. The number of nitrogens with zero attached hydrogens (tertiary/aromatic N) is 2. The molecule has 1 atom stereocenters. The third-order valence-corrected chi connectivity index (χ3v) is 7.15. The first-order chi connectivity index (χ1) is 14.1. The van der Waals surface area contributed by atoms with Crippen molar-refractivity contribution in [2.75, 3.05) is 33.3 Å². The fourth-order valence-electron chi connectivity index (χ4n) is 5.25. The fourth-order valence-corrected chi connectivity index (χ4v) is 5.25. The number of hydrogen-bond acceptors (Lipinski definition) is 4. The third-order valence-electron chi connectivity index (χ3n) is 7.15. The molecule has 3 heterocycles. The molecule has 1 saturated carbocycles. The van der Waals surface area contributed by atoms with Crippen molar-refractivity contribution in [1.82, 2.24) is 14.8 Å². The van der Waals surface area contributed by atoms with E-state index in [0.29, 0.717) is 18.9 Å². The molecule has 1 saturated heterocycles. The molecule has 0 bridgehead atoms. The summed E-state index contributed by atoms with van der Waals surface area (Å²) in [5, 5.41) is 12.5. The topological polar surface area (TPSA) is 68.8 Å². The number of ether oxygens (including phenoxy) is 1. The Morgan fingerprint density at radius 1 is 1.28 bits per heavy atom. The number of likely N-dealkylation sites (tertiary alicyclic amines) is 1. The number of β-amino-alcohol motifs (C(OH)–C–C–N with tert-alkyl or cyclic N) is 1. The number of methoxy groups -OCH3 is 1. The van der Waals surface area contributed by atoms with E-state index in [9.17, 15) is 9.90 Å². The Kier molecular flexibility index (Phi) is 4.79. The predicted molar refractivity (Wildman–Crippen MR) is 112 cm³/mol. The van der Waals surface area contributed by atoms with Crippen LogP contribution in [0.4, 0.5) is 0 Å². The van der Waals surface area contributed by atoms with E-state index in [2.05, 4.69) is 22.0 Å². The predicted octanol–water partition coefficient (Wildman–Crippen LogP) is 2.69. The van der Waals surface area contributed by atoms with E-state index in [1.54, 1.807) is 7.11 Å². The molecule has 1 aromatic heterocycles. The summed E-state index contributed by atoms with van der Waals surface area (Å²) in [7, 11) is 1.69. The van der Waals surface area contributed by atoms with E-state index in [-0.39, 0.29) is 5.91 Å². The second-order valence-electron chi connectivity index (χ2n) is 9.14. The van der Waals surface area contributed by atoms with Crippen molar-refractivity contribution in [3.8, 4) is 5.75 Å². The number of aromatic nitrogens is 1. The van der Waals surface area contributed by atoms with Crippen LogP contribution < -0.4 is 4.74 Å². The van der Waals surface area contributed by atoms with E-state index in [1.807, 2.05) is 11.0 Å². The SMILES string of the molecule is COc1ccc2[nH]c3c(c2c1)CN(C[C@]1(O)CCCN(CC2CCC2)C1=O)CC3. The van der Waals surface area contributed by atoms with Crippen LogP contribution in [0.25, 0.3) is 10.9 Å². The Hall–Kier alpha value is -2.05. The van der Waals surface area contributed by atoms with Gasteiger partial charge in [0.2, 0.25) is 0 Å². The first-order valence-electron chi connectivity index (χ1n) is 11.0. The van der Waals surface area contributed by atoms with Gasteiger partial charge in [0.1, 0.15) is 5.75 Å². The van der Waals surface area contributed by atoms with Gasteiger partial charge in [0, 0.05) is 55.7 Å². The number of carbonyl (C=O) groups excluding carboxylic acids is 1. The second kappa shape index (κ2) is 7.33. The lowest BCUT2D eigenvalue weighted by molar-refractivity contribution is -0.161. The van der Waals surface area contributed by atoms with Crippen LogP contribution in [-0.4, -0.2) is 64.7 Å². The summed E-state index contributed by atoms with van der Waals surface area (Å²) in [6.45, 7) is 3.65. The van der Waals surface area contributed by atoms with Gasteiger partial charge in [-0.25, -0.2) is 0 Å². The van der Waals surface area contributed by atoms with E-state index in [1.165, 1.54) is 35.9 Å². The summed E-state index contributed by atoms with van der Waals surface area (Å²) in [4.78, 5) is 20.8. The zero-order valence-corrected chi connectivity index (χ0v) is 17.2. The third kappa shape index (κ3) is 3.42. The minimum atomic E-state index is -1.25. The molecule has 0 spiro atoms. The lowest BCUT2D eigenvalue weighted by atomic mass is 9.83. The standard InChI is InChI=1S/C23H31N3O3/c1-29-17-6-7-20-18(12-17)19-14-25(11-8-21(19)24-20)15-23(28)9-3-10-26(22(23)27)13-16-4-2-5-16/h6-7,12,16,24,28H,2-5,8-11,13-15H2,1H3/t23-/m1/s1. The number of nitrogens with one attached hydrogen (secondary N) is 1. The van der Waals surface area contributed by atoms with Crippen molar-refractivity contribution < 1.29 is 14.6 Å². The first-order valence-corrected chi connectivity index (χ1v) is 11.0. The van der Waals surface area contributed by atoms with Crippen LogP contribution in [0.15, 0.2) is 18.2 Å². The molecule has 2 N–H and O–H groups in total. The van der Waals surface area contributed by atoms with Gasteiger partial charge in [0.15, 0.2) is 5.60 Å². The van der Waals surface area contributed by atoms with Crippen molar-refractivity contribution in [1.29, 1.82) is 0 Å². The molecular formula is C23H31N3O3. The summed E-state index contributed by atoms with van der Waals surface area (Å²) >= 11 is 0. The molecule has 2 aliphatic heterocycles. The number of fused-ring (bicyclic) bond motifs is 3. The molecule has 0 radical (unpaired) electrons. The number of aromatic amines is 1. The van der Waals surface area contributed by atoms with E-state index >= 15 is 0 Å². The zero-order chi connectivity index (χ0) is 20.0. The van der Waals surface area contributed by atoms with E-state index < -0.39 is 5.60 Å². The number of aliphatic hydroxyl groups is 1. The van der Waals surface area contributed by atoms with Crippen LogP contribution in [0.5, 0.6) is 5.75 Å². The van der Waals surface area contributed by atoms with Crippen molar-refractivity contribution in [2.24, 2.45) is 5.92 Å². The van der Waals surface area contributed by atoms with Crippen molar-refractivity contribution in [3.63, 3.8) is 0 Å². The van der Waals surface area contributed by atoms with Gasteiger partial charge in [-0.2, -0.15) is 0 Å². The van der Waals surface area contributed by atoms with Crippen LogP contribution in [0.1, 0.15) is 43.4 Å². The molecule has 29 heavy (non-hydrogen) atoms. The normalized spacial score (nSPS) is 25.9. The summed E-state index contributed by atoms with van der Waals surface area (Å²) in [5.41, 5.74) is 2.40. The zero-order valence-electron chi connectivity index (χ0n) is 17.2. The summed E-state index contributed by atoms with van der Waals surface area (Å²) in [6, 6.07) is 6.12. The number of H-pyrrole nitrogens is 1. The van der Waals surface area contributed by atoms with Crippen LogP contribution >= 0.6 is 0 Å². The highest BCUT2D eigenvalue weighted by molar-refractivity contribution is 5.87. The van der Waals surface area contributed by atoms with Crippen molar-refractivity contribution >= 4 is 16.8 Å². The molecule has 2 fully saturated rings. The Morgan fingerprint density at radius 2 is 2.14 bits per heavy atom. The minimum absolute atomic E-state index is 0.0537. The Morgan fingerprint density at radius 3 is 2.90 bits per heavy atom. The average Bonchev–Trinajstić information content (AvgIpc) is 3.05. The van der Waals surface area contributed by atoms with Crippen LogP contribution in [-0.2, 0) is 17.8 Å². The number of hydrogen-bond donors (Lipinski definition) is 2. The van der Waals surface area contributed by atoms with Crippen molar-refractivity contribution in [2.45, 2.75) is 50.7 Å². The number of amides is 1. The average molecular weight is 398 g/mol. The molecule has 1 amide bonds. The summed E-state index contributed by atoms with van der Waals surface area (Å²) in [6.07, 6.45) is 6.09. The smallest absolute Gasteiger partial charge is 0.255 e. The monoisotopic (exact) mass is 397 g/mol. The number of rotatable bonds is 5. The summed E-state index contributed by atoms with van der Waals surface area (Å²) < 4.78 is 5.40. The van der Waals surface area contributed by atoms with Gasteiger partial charge in [-0.3, -0.25) is 9.69 Å². The molecule has 1 aliphatic carbocycles. The maximum Gasteiger partial charge on any atom is 0.255 e. The molecule has 6 heteroatoms. The number of carbonyl (C=O) groups is 1. The van der Waals surface area contributed by atoms with Gasteiger partial charge in [-0.1, -0.05) is 6.42 Å². The Balaban J connectivity index is 1.32. The lowest BCUT2D eigenvalue weighted by Gasteiger charge is -2.43. The van der Waals surface area contributed by atoms with Gasteiger partial charge in [-0.05, 0) is 55.4 Å². The lowest BCUT2D eigenvalue weighted by Crippen LogP contribution is -2.59. The Bertz CT molecular complexity index is 919. The minimum Gasteiger partial charge on any atom is -0.497 e. The number of piperidine rings is 1. The fraction of sp³-hybridized carbons (Fsp3) is 0.609. The molecule has 5 rings (SSSR count). The highest BCUT2D eigenvalue weighted by atomic mass is 16.5. The molecule has 0 unspecified atom stereocenters. The highest BCUT2D eigenvalue weighted by Crippen LogP contribution is 2.33. The summed E-state index contributed by atoms with van der Waals surface area (Å²) in [5.74, 6) is 1.44. The molecule has 6 nitrogen and oxygen atoms in total. The molecule has 156 valence electrons. The Labute approximate surface area is 171 Å².